The van der Waals surface area contributed by atoms with Crippen LogP contribution in [0, 0.1) is 6.92 Å². The number of amides is 1. The molecule has 0 aliphatic carbocycles. The standard InChI is InChI=1S/C19H19NO5/c1-13-19(17(21)7-9-24-13)25-12-18(22)20-8-6-15(11-20)14-4-3-5-16(10-14)23-2/h3-7,9-10H,8,11-12H2,1-2H3. The van der Waals surface area contributed by atoms with E-state index in [9.17, 15) is 9.59 Å². The summed E-state index contributed by atoms with van der Waals surface area (Å²) in [7, 11) is 1.62. The van der Waals surface area contributed by atoms with Crippen LogP contribution in [0.25, 0.3) is 5.57 Å². The Morgan fingerprint density at radius 3 is 2.92 bits per heavy atom. The largest absolute Gasteiger partial charge is 0.497 e. The van der Waals surface area contributed by atoms with Crippen LogP contribution >= 0.6 is 0 Å². The van der Waals surface area contributed by atoms with Gasteiger partial charge in [0, 0.05) is 19.2 Å². The molecule has 1 aromatic carbocycles. The van der Waals surface area contributed by atoms with Crippen LogP contribution in [0.3, 0.4) is 0 Å². The van der Waals surface area contributed by atoms with E-state index >= 15 is 0 Å². The van der Waals surface area contributed by atoms with Gasteiger partial charge < -0.3 is 18.8 Å². The predicted molar refractivity (Wildman–Crippen MR) is 92.8 cm³/mol. The lowest BCUT2D eigenvalue weighted by molar-refractivity contribution is -0.131. The maximum absolute atomic E-state index is 12.4. The van der Waals surface area contributed by atoms with Crippen molar-refractivity contribution in [2.75, 3.05) is 26.8 Å². The van der Waals surface area contributed by atoms with E-state index in [2.05, 4.69) is 0 Å². The molecule has 0 bridgehead atoms. The van der Waals surface area contributed by atoms with Crippen molar-refractivity contribution in [1.29, 1.82) is 0 Å². The molecule has 0 fully saturated rings. The number of carbonyl (C=O) groups is 1. The summed E-state index contributed by atoms with van der Waals surface area (Å²) in [6.45, 7) is 2.43. The van der Waals surface area contributed by atoms with Gasteiger partial charge in [-0.2, -0.15) is 0 Å². The van der Waals surface area contributed by atoms with Crippen LogP contribution in [0.1, 0.15) is 11.3 Å². The van der Waals surface area contributed by atoms with Gasteiger partial charge in [0.25, 0.3) is 5.91 Å². The Morgan fingerprint density at radius 1 is 1.32 bits per heavy atom. The molecular formula is C19H19NO5. The van der Waals surface area contributed by atoms with E-state index < -0.39 is 0 Å². The average molecular weight is 341 g/mol. The first kappa shape index (κ1) is 16.8. The summed E-state index contributed by atoms with van der Waals surface area (Å²) in [6, 6.07) is 8.99. The Bertz CT molecular complexity index is 868. The fourth-order valence-electron chi connectivity index (χ4n) is 2.68. The van der Waals surface area contributed by atoms with Gasteiger partial charge in [0.15, 0.2) is 6.61 Å². The zero-order chi connectivity index (χ0) is 17.8. The lowest BCUT2D eigenvalue weighted by Crippen LogP contribution is -2.33. The highest BCUT2D eigenvalue weighted by Gasteiger charge is 2.21. The Hall–Kier alpha value is -3.02. The second-order valence-electron chi connectivity index (χ2n) is 5.69. The summed E-state index contributed by atoms with van der Waals surface area (Å²) in [5.41, 5.74) is 1.78. The van der Waals surface area contributed by atoms with E-state index in [-0.39, 0.29) is 23.7 Å². The van der Waals surface area contributed by atoms with E-state index in [1.165, 1.54) is 12.3 Å². The van der Waals surface area contributed by atoms with Crippen LogP contribution in [0.5, 0.6) is 11.5 Å². The molecule has 0 radical (unpaired) electrons. The first-order valence-electron chi connectivity index (χ1n) is 7.91. The molecule has 6 nitrogen and oxygen atoms in total. The van der Waals surface area contributed by atoms with Crippen molar-refractivity contribution in [3.8, 4) is 11.5 Å². The minimum atomic E-state index is -0.298. The van der Waals surface area contributed by atoms with Gasteiger partial charge in [0.2, 0.25) is 11.2 Å². The third kappa shape index (κ3) is 3.74. The first-order valence-corrected chi connectivity index (χ1v) is 7.91. The molecule has 130 valence electrons. The second kappa shape index (κ2) is 7.25. The molecule has 1 aliphatic rings. The number of benzene rings is 1. The summed E-state index contributed by atoms with van der Waals surface area (Å²) >= 11 is 0. The number of ether oxygens (including phenoxy) is 2. The molecule has 6 heteroatoms. The summed E-state index contributed by atoms with van der Waals surface area (Å²) in [5.74, 6) is 1.03. The Balaban J connectivity index is 1.61. The Kier molecular flexibility index (Phi) is 4.88. The van der Waals surface area contributed by atoms with Gasteiger partial charge in [-0.15, -0.1) is 0 Å². The van der Waals surface area contributed by atoms with E-state index in [1.54, 1.807) is 18.9 Å². The highest BCUT2D eigenvalue weighted by molar-refractivity contribution is 5.83. The monoisotopic (exact) mass is 341 g/mol. The molecule has 1 amide bonds. The summed E-state index contributed by atoms with van der Waals surface area (Å²) < 4.78 is 15.7. The summed E-state index contributed by atoms with van der Waals surface area (Å²) in [5, 5.41) is 0. The number of aryl methyl sites for hydroxylation is 1. The number of carbonyl (C=O) groups excluding carboxylic acids is 1. The predicted octanol–water partition coefficient (Wildman–Crippen LogP) is 2.26. The van der Waals surface area contributed by atoms with Gasteiger partial charge in [-0.3, -0.25) is 9.59 Å². The normalized spacial score (nSPS) is 13.5. The van der Waals surface area contributed by atoms with Crippen molar-refractivity contribution >= 4 is 11.5 Å². The topological polar surface area (TPSA) is 69.0 Å². The van der Waals surface area contributed by atoms with Crippen LogP contribution in [0.4, 0.5) is 0 Å². The molecule has 0 spiro atoms. The second-order valence-corrected chi connectivity index (χ2v) is 5.69. The molecule has 2 aromatic rings. The highest BCUT2D eigenvalue weighted by Crippen LogP contribution is 2.24. The maximum Gasteiger partial charge on any atom is 0.261 e. The van der Waals surface area contributed by atoms with Gasteiger partial charge >= 0.3 is 0 Å². The number of nitrogens with zero attached hydrogens (tertiary/aromatic N) is 1. The smallest absolute Gasteiger partial charge is 0.261 e. The number of hydrogen-bond acceptors (Lipinski definition) is 5. The molecular weight excluding hydrogens is 322 g/mol. The first-order chi connectivity index (χ1) is 12.1. The van der Waals surface area contributed by atoms with Crippen LogP contribution in [-0.4, -0.2) is 37.6 Å². The summed E-state index contributed by atoms with van der Waals surface area (Å²) in [4.78, 5) is 25.8. The molecule has 0 saturated carbocycles. The van der Waals surface area contributed by atoms with Crippen molar-refractivity contribution in [1.82, 2.24) is 4.90 Å². The van der Waals surface area contributed by atoms with E-state index in [0.29, 0.717) is 18.8 Å². The van der Waals surface area contributed by atoms with Gasteiger partial charge in [-0.05, 0) is 30.2 Å². The number of methoxy groups -OCH3 is 1. The lowest BCUT2D eigenvalue weighted by atomic mass is 10.1. The average Bonchev–Trinajstić information content (AvgIpc) is 3.11. The number of rotatable bonds is 5. The van der Waals surface area contributed by atoms with E-state index in [1.807, 2.05) is 30.3 Å². The highest BCUT2D eigenvalue weighted by atomic mass is 16.5. The van der Waals surface area contributed by atoms with Crippen molar-refractivity contribution in [3.05, 3.63) is 64.2 Å². The number of hydrogen-bond donors (Lipinski definition) is 0. The van der Waals surface area contributed by atoms with Crippen molar-refractivity contribution < 1.29 is 18.7 Å². The van der Waals surface area contributed by atoms with Gasteiger partial charge in [-0.1, -0.05) is 18.2 Å². The maximum atomic E-state index is 12.4. The molecule has 0 unspecified atom stereocenters. The molecule has 25 heavy (non-hydrogen) atoms. The zero-order valence-corrected chi connectivity index (χ0v) is 14.2. The molecule has 0 N–H and O–H groups in total. The SMILES string of the molecule is COc1cccc(C2=CCN(C(=O)COc3c(C)occc3=O)C2)c1. The Morgan fingerprint density at radius 2 is 2.16 bits per heavy atom. The molecule has 0 atom stereocenters. The minimum Gasteiger partial charge on any atom is -0.497 e. The van der Waals surface area contributed by atoms with Crippen molar-refractivity contribution in [2.24, 2.45) is 0 Å². The Labute approximate surface area is 145 Å². The van der Waals surface area contributed by atoms with E-state index in [4.69, 9.17) is 13.9 Å². The third-order valence-corrected chi connectivity index (χ3v) is 4.06. The third-order valence-electron chi connectivity index (χ3n) is 4.06. The van der Waals surface area contributed by atoms with Gasteiger partial charge in [0.05, 0.1) is 13.4 Å². The van der Waals surface area contributed by atoms with Crippen LogP contribution in [-0.2, 0) is 4.79 Å². The molecule has 0 saturated heterocycles. The fourth-order valence-corrected chi connectivity index (χ4v) is 2.68. The molecule has 3 rings (SSSR count). The van der Waals surface area contributed by atoms with Gasteiger partial charge in [0.1, 0.15) is 11.5 Å². The molecule has 1 aromatic heterocycles. The summed E-state index contributed by atoms with van der Waals surface area (Å²) in [6.07, 6.45) is 3.31. The van der Waals surface area contributed by atoms with Crippen LogP contribution < -0.4 is 14.9 Å². The molecule has 2 heterocycles. The van der Waals surface area contributed by atoms with E-state index in [0.717, 1.165) is 16.9 Å². The van der Waals surface area contributed by atoms with Crippen LogP contribution in [0.2, 0.25) is 0 Å². The van der Waals surface area contributed by atoms with Gasteiger partial charge in [-0.25, -0.2) is 0 Å². The fraction of sp³-hybridized carbons (Fsp3) is 0.263. The molecule has 1 aliphatic heterocycles. The minimum absolute atomic E-state index is 0.0797. The lowest BCUT2D eigenvalue weighted by Gasteiger charge is -2.17. The van der Waals surface area contributed by atoms with Crippen LogP contribution in [0.15, 0.2) is 51.9 Å². The van der Waals surface area contributed by atoms with Crippen molar-refractivity contribution in [3.63, 3.8) is 0 Å². The zero-order valence-electron chi connectivity index (χ0n) is 14.2. The van der Waals surface area contributed by atoms with Crippen molar-refractivity contribution in [2.45, 2.75) is 6.92 Å². The quantitative estimate of drug-likeness (QED) is 0.834.